The van der Waals surface area contributed by atoms with Crippen molar-refractivity contribution in [1.29, 1.82) is 0 Å². The first-order valence-corrected chi connectivity index (χ1v) is 5.29. The maximum absolute atomic E-state index is 6.12. The molecule has 0 unspecified atom stereocenters. The monoisotopic (exact) mass is 220 g/mol. The first-order valence-electron chi connectivity index (χ1n) is 4.91. The van der Waals surface area contributed by atoms with Gasteiger partial charge in [-0.15, -0.1) is 0 Å². The second-order valence-corrected chi connectivity index (χ2v) is 4.00. The number of benzene rings is 1. The average molecular weight is 221 g/mol. The van der Waals surface area contributed by atoms with E-state index in [1.807, 2.05) is 26.1 Å². The predicted octanol–water partition coefficient (Wildman–Crippen LogP) is 2.92. The number of rotatable bonds is 2. The van der Waals surface area contributed by atoms with Gasteiger partial charge in [-0.2, -0.15) is 0 Å². The molecule has 0 aliphatic rings. The molecule has 0 amide bonds. The van der Waals surface area contributed by atoms with E-state index in [4.69, 9.17) is 11.6 Å². The molecular weight excluding hydrogens is 208 g/mol. The number of pyridine rings is 1. The third-order valence-electron chi connectivity index (χ3n) is 2.37. The van der Waals surface area contributed by atoms with Crippen molar-refractivity contribution in [2.75, 3.05) is 7.05 Å². The minimum Gasteiger partial charge on any atom is -0.316 e. The zero-order valence-electron chi connectivity index (χ0n) is 8.84. The van der Waals surface area contributed by atoms with E-state index in [0.29, 0.717) is 5.02 Å². The number of para-hydroxylation sites is 1. The third kappa shape index (κ3) is 1.96. The summed E-state index contributed by atoms with van der Waals surface area (Å²) < 4.78 is 0. The Morgan fingerprint density at radius 1 is 1.40 bits per heavy atom. The number of hydrogen-bond acceptors (Lipinski definition) is 2. The van der Waals surface area contributed by atoms with Crippen molar-refractivity contribution >= 4 is 22.5 Å². The van der Waals surface area contributed by atoms with E-state index in [9.17, 15) is 0 Å². The van der Waals surface area contributed by atoms with E-state index in [0.717, 1.165) is 23.1 Å². The molecule has 0 atom stereocenters. The first-order chi connectivity index (χ1) is 7.22. The van der Waals surface area contributed by atoms with Crippen molar-refractivity contribution in [3.05, 3.63) is 40.5 Å². The Kier molecular flexibility index (Phi) is 2.89. The van der Waals surface area contributed by atoms with Gasteiger partial charge in [0.1, 0.15) is 0 Å². The Balaban J connectivity index is 2.74. The van der Waals surface area contributed by atoms with Crippen LogP contribution in [-0.2, 0) is 6.54 Å². The second kappa shape index (κ2) is 4.17. The molecule has 0 saturated heterocycles. The number of aromatic nitrogens is 1. The van der Waals surface area contributed by atoms with Crippen LogP contribution >= 0.6 is 11.6 Å². The molecule has 0 radical (unpaired) electrons. The van der Waals surface area contributed by atoms with Crippen LogP contribution in [0, 0.1) is 6.92 Å². The Morgan fingerprint density at radius 3 is 2.93 bits per heavy atom. The highest BCUT2D eigenvalue weighted by atomic mass is 35.5. The Hall–Kier alpha value is -1.12. The summed E-state index contributed by atoms with van der Waals surface area (Å²) in [6.45, 7) is 2.82. The second-order valence-electron chi connectivity index (χ2n) is 3.59. The van der Waals surface area contributed by atoms with Gasteiger partial charge in [-0.1, -0.05) is 23.7 Å². The van der Waals surface area contributed by atoms with Crippen molar-refractivity contribution in [3.63, 3.8) is 0 Å². The smallest absolute Gasteiger partial charge is 0.0894 e. The van der Waals surface area contributed by atoms with Crippen LogP contribution in [0.4, 0.5) is 0 Å². The molecular formula is C12H13ClN2. The Morgan fingerprint density at radius 2 is 2.20 bits per heavy atom. The van der Waals surface area contributed by atoms with Crippen LogP contribution in [0.2, 0.25) is 5.02 Å². The lowest BCUT2D eigenvalue weighted by molar-refractivity contribution is 0.821. The van der Waals surface area contributed by atoms with Crippen molar-refractivity contribution < 1.29 is 0 Å². The fraction of sp³-hybridized carbons (Fsp3) is 0.250. The van der Waals surface area contributed by atoms with Gasteiger partial charge in [0.15, 0.2) is 0 Å². The third-order valence-corrected chi connectivity index (χ3v) is 2.68. The number of fused-ring (bicyclic) bond motifs is 1. The normalized spacial score (nSPS) is 10.9. The summed E-state index contributed by atoms with van der Waals surface area (Å²) in [5, 5.41) is 5.00. The van der Waals surface area contributed by atoms with Gasteiger partial charge in [-0.3, -0.25) is 4.98 Å². The number of hydrogen-bond donors (Lipinski definition) is 1. The van der Waals surface area contributed by atoms with Gasteiger partial charge < -0.3 is 5.32 Å². The quantitative estimate of drug-likeness (QED) is 0.842. The maximum atomic E-state index is 6.12. The topological polar surface area (TPSA) is 24.9 Å². The van der Waals surface area contributed by atoms with Gasteiger partial charge in [-0.25, -0.2) is 0 Å². The van der Waals surface area contributed by atoms with Crippen molar-refractivity contribution in [2.24, 2.45) is 0 Å². The van der Waals surface area contributed by atoms with E-state index in [1.54, 1.807) is 0 Å². The highest BCUT2D eigenvalue weighted by Crippen LogP contribution is 2.24. The fourth-order valence-electron chi connectivity index (χ4n) is 1.76. The van der Waals surface area contributed by atoms with Crippen molar-refractivity contribution in [2.45, 2.75) is 13.5 Å². The van der Waals surface area contributed by atoms with Gasteiger partial charge in [0.2, 0.25) is 0 Å². The molecule has 0 saturated carbocycles. The van der Waals surface area contributed by atoms with Gasteiger partial charge in [-0.05, 0) is 31.7 Å². The van der Waals surface area contributed by atoms with Crippen LogP contribution in [0.3, 0.4) is 0 Å². The molecule has 78 valence electrons. The van der Waals surface area contributed by atoms with Gasteiger partial charge in [0.25, 0.3) is 0 Å². The predicted molar refractivity (Wildman–Crippen MR) is 64.3 cm³/mol. The molecule has 0 fully saturated rings. The number of nitrogens with zero attached hydrogens (tertiary/aromatic N) is 1. The van der Waals surface area contributed by atoms with E-state index in [-0.39, 0.29) is 0 Å². The molecule has 0 spiro atoms. The molecule has 0 bridgehead atoms. The SMILES string of the molecule is CNCc1cc(C)nc2c(Cl)cccc12. The minimum absolute atomic E-state index is 0.716. The van der Waals surface area contributed by atoms with Crippen LogP contribution in [-0.4, -0.2) is 12.0 Å². The molecule has 1 aromatic heterocycles. The summed E-state index contributed by atoms with van der Waals surface area (Å²) in [6.07, 6.45) is 0. The molecule has 0 aliphatic carbocycles. The largest absolute Gasteiger partial charge is 0.316 e. The van der Waals surface area contributed by atoms with Gasteiger partial charge >= 0.3 is 0 Å². The molecule has 2 rings (SSSR count). The molecule has 1 aromatic carbocycles. The summed E-state index contributed by atoms with van der Waals surface area (Å²) in [5.74, 6) is 0. The molecule has 15 heavy (non-hydrogen) atoms. The summed E-state index contributed by atoms with van der Waals surface area (Å²) in [4.78, 5) is 4.46. The van der Waals surface area contributed by atoms with E-state index in [1.165, 1.54) is 5.56 Å². The van der Waals surface area contributed by atoms with Crippen LogP contribution in [0.1, 0.15) is 11.3 Å². The zero-order valence-corrected chi connectivity index (χ0v) is 9.60. The van der Waals surface area contributed by atoms with Gasteiger partial charge in [0.05, 0.1) is 10.5 Å². The molecule has 1 N–H and O–H groups in total. The summed E-state index contributed by atoms with van der Waals surface area (Å²) in [7, 11) is 1.94. The minimum atomic E-state index is 0.716. The molecule has 0 aliphatic heterocycles. The van der Waals surface area contributed by atoms with Crippen LogP contribution in [0.15, 0.2) is 24.3 Å². The van der Waals surface area contributed by atoms with Crippen LogP contribution in [0.25, 0.3) is 10.9 Å². The molecule has 2 aromatic rings. The summed E-state index contributed by atoms with van der Waals surface area (Å²) >= 11 is 6.12. The number of halogens is 1. The number of aryl methyl sites for hydroxylation is 1. The average Bonchev–Trinajstić information content (AvgIpc) is 2.20. The lowest BCUT2D eigenvalue weighted by Gasteiger charge is -2.08. The fourth-order valence-corrected chi connectivity index (χ4v) is 1.98. The highest BCUT2D eigenvalue weighted by Gasteiger charge is 2.05. The Bertz CT molecular complexity index is 494. The molecule has 3 heteroatoms. The highest BCUT2D eigenvalue weighted by molar-refractivity contribution is 6.35. The van der Waals surface area contributed by atoms with Crippen LogP contribution < -0.4 is 5.32 Å². The maximum Gasteiger partial charge on any atom is 0.0894 e. The zero-order chi connectivity index (χ0) is 10.8. The summed E-state index contributed by atoms with van der Waals surface area (Å²) in [6, 6.07) is 7.98. The first kappa shape index (κ1) is 10.4. The summed E-state index contributed by atoms with van der Waals surface area (Å²) in [5.41, 5.74) is 3.13. The van der Waals surface area contributed by atoms with E-state index in [2.05, 4.69) is 22.4 Å². The van der Waals surface area contributed by atoms with Crippen molar-refractivity contribution in [3.8, 4) is 0 Å². The molecule has 2 nitrogen and oxygen atoms in total. The van der Waals surface area contributed by atoms with E-state index < -0.39 is 0 Å². The van der Waals surface area contributed by atoms with Crippen LogP contribution in [0.5, 0.6) is 0 Å². The Labute approximate surface area is 94.3 Å². The van der Waals surface area contributed by atoms with Gasteiger partial charge in [0, 0.05) is 17.6 Å². The molecule has 1 heterocycles. The van der Waals surface area contributed by atoms with E-state index >= 15 is 0 Å². The standard InChI is InChI=1S/C12H13ClN2/c1-8-6-9(7-14-2)10-4-3-5-11(13)12(10)15-8/h3-6,14H,7H2,1-2H3. The van der Waals surface area contributed by atoms with Crippen molar-refractivity contribution in [1.82, 2.24) is 10.3 Å². The lowest BCUT2D eigenvalue weighted by Crippen LogP contribution is -2.06. The lowest BCUT2D eigenvalue weighted by atomic mass is 10.1. The number of nitrogens with one attached hydrogen (secondary N) is 1.